The molecule has 10 heteroatoms. The molecule has 0 aromatic carbocycles. The minimum absolute atomic E-state index is 0. The van der Waals surface area contributed by atoms with E-state index in [1.165, 1.54) is 0 Å². The van der Waals surface area contributed by atoms with Crippen molar-refractivity contribution in [2.75, 3.05) is 6.61 Å². The van der Waals surface area contributed by atoms with Crippen molar-refractivity contribution >= 4 is 15.2 Å². The molecule has 0 aliphatic heterocycles. The Balaban J connectivity index is 0. The van der Waals surface area contributed by atoms with Crippen molar-refractivity contribution in [1.82, 2.24) is 0 Å². The Labute approximate surface area is 80.9 Å². The van der Waals surface area contributed by atoms with Gasteiger partial charge in [-0.05, 0) is 0 Å². The summed E-state index contributed by atoms with van der Waals surface area (Å²) in [4.78, 5) is 33.1. The van der Waals surface area contributed by atoms with Crippen LogP contribution in [0.15, 0.2) is 0 Å². The molecule has 0 bridgehead atoms. The van der Waals surface area contributed by atoms with E-state index in [-0.39, 0.29) is 19.5 Å². The maximum absolute atomic E-state index is 10.3. The second-order valence-corrected chi connectivity index (χ2v) is 5.85. The third-order valence-electron chi connectivity index (χ3n) is 0.940. The average molecular weight is 271 g/mol. The number of aliphatic hydroxyl groups excluding tert-OH is 1. The summed E-state index contributed by atoms with van der Waals surface area (Å²) < 4.78 is 20.5. The Morgan fingerprint density at radius 3 is 1.25 bits per heavy atom. The Morgan fingerprint density at radius 1 is 1.00 bits per heavy atom. The standard InChI is InChI=1S/C2H8O7P2.Zn/c3-1-2(10(4,5)6)11(7,8)9;/h2-3H,1H2,(H2,4,5,6)(H2,7,8,9);. The van der Waals surface area contributed by atoms with Crippen LogP contribution in [-0.2, 0) is 28.6 Å². The second-order valence-electron chi connectivity index (χ2n) is 1.84. The van der Waals surface area contributed by atoms with Crippen molar-refractivity contribution in [3.8, 4) is 0 Å². The van der Waals surface area contributed by atoms with Crippen molar-refractivity contribution < 1.29 is 53.3 Å². The van der Waals surface area contributed by atoms with E-state index in [9.17, 15) is 9.13 Å². The van der Waals surface area contributed by atoms with Crippen LogP contribution in [0.2, 0.25) is 0 Å². The van der Waals surface area contributed by atoms with Crippen molar-refractivity contribution in [1.29, 1.82) is 0 Å². The number of hydrogen-bond donors (Lipinski definition) is 5. The topological polar surface area (TPSA) is 135 Å². The maximum Gasteiger partial charge on any atom is 0.343 e. The van der Waals surface area contributed by atoms with Gasteiger partial charge in [0.1, 0.15) is 0 Å². The fourth-order valence-corrected chi connectivity index (χ4v) is 2.40. The van der Waals surface area contributed by atoms with Crippen LogP contribution in [0.1, 0.15) is 0 Å². The molecule has 0 rings (SSSR count). The SMILES string of the molecule is O=P(O)(O)C(CO)P(=O)(O)O.[Zn]. The summed E-state index contributed by atoms with van der Waals surface area (Å²) in [6.45, 7) is -1.24. The molecule has 0 saturated carbocycles. The first-order chi connectivity index (χ1) is 4.69. The normalized spacial score (nSPS) is 12.8. The third-order valence-corrected chi connectivity index (χ3v) is 4.62. The molecule has 0 saturated heterocycles. The quantitative estimate of drug-likeness (QED) is 0.316. The van der Waals surface area contributed by atoms with Crippen LogP contribution in [0.4, 0.5) is 0 Å². The monoisotopic (exact) mass is 270 g/mol. The van der Waals surface area contributed by atoms with Gasteiger partial charge in [-0.2, -0.15) is 0 Å². The van der Waals surface area contributed by atoms with Crippen LogP contribution in [-0.4, -0.2) is 36.7 Å². The first-order valence-corrected chi connectivity index (χ1v) is 5.77. The summed E-state index contributed by atoms with van der Waals surface area (Å²) in [7, 11) is -9.82. The molecule has 0 amide bonds. The molecule has 0 aromatic heterocycles. The van der Waals surface area contributed by atoms with E-state index in [1.54, 1.807) is 0 Å². The molecular weight excluding hydrogens is 263 g/mol. The molecule has 0 fully saturated rings. The van der Waals surface area contributed by atoms with E-state index in [2.05, 4.69) is 0 Å². The van der Waals surface area contributed by atoms with Crippen LogP contribution in [0.5, 0.6) is 0 Å². The fraction of sp³-hybridized carbons (Fsp3) is 1.00. The summed E-state index contributed by atoms with van der Waals surface area (Å²) in [6, 6.07) is 0. The van der Waals surface area contributed by atoms with E-state index in [4.69, 9.17) is 24.7 Å². The average Bonchev–Trinajstić information content (AvgIpc) is 1.56. The van der Waals surface area contributed by atoms with Gasteiger partial charge in [0.25, 0.3) is 0 Å². The van der Waals surface area contributed by atoms with Gasteiger partial charge in [-0.25, -0.2) is 0 Å². The second kappa shape index (κ2) is 4.94. The van der Waals surface area contributed by atoms with Crippen molar-refractivity contribution in [2.45, 2.75) is 5.40 Å². The van der Waals surface area contributed by atoms with Gasteiger partial charge in [0.05, 0.1) is 6.61 Å². The summed E-state index contributed by atoms with van der Waals surface area (Å²) in [5, 5.41) is 5.92. The fourth-order valence-electron chi connectivity index (χ4n) is 0.409. The van der Waals surface area contributed by atoms with Gasteiger partial charge in [-0.1, -0.05) is 0 Å². The smallest absolute Gasteiger partial charge is 0.343 e. The summed E-state index contributed by atoms with van der Waals surface area (Å²) >= 11 is 0. The summed E-state index contributed by atoms with van der Waals surface area (Å²) in [5.74, 6) is 0. The third kappa shape index (κ3) is 4.80. The van der Waals surface area contributed by atoms with Crippen molar-refractivity contribution in [3.05, 3.63) is 0 Å². The number of rotatable bonds is 3. The first kappa shape index (κ1) is 15.4. The zero-order chi connectivity index (χ0) is 9.28. The molecule has 0 aromatic rings. The summed E-state index contributed by atoms with van der Waals surface area (Å²) in [5.41, 5.74) is 0. The van der Waals surface area contributed by atoms with Crippen molar-refractivity contribution in [2.24, 2.45) is 0 Å². The maximum atomic E-state index is 10.3. The van der Waals surface area contributed by atoms with E-state index in [1.807, 2.05) is 0 Å². The van der Waals surface area contributed by atoms with Crippen LogP contribution >= 0.6 is 15.2 Å². The van der Waals surface area contributed by atoms with Crippen LogP contribution in [0.25, 0.3) is 0 Å². The molecule has 0 spiro atoms. The molecule has 0 radical (unpaired) electrons. The van der Waals surface area contributed by atoms with Gasteiger partial charge in [0, 0.05) is 19.5 Å². The summed E-state index contributed by atoms with van der Waals surface area (Å²) in [6.07, 6.45) is 0. The minimum atomic E-state index is -4.91. The predicted molar refractivity (Wildman–Crippen MR) is 35.0 cm³/mol. The largest absolute Gasteiger partial charge is 0.395 e. The zero-order valence-corrected chi connectivity index (χ0v) is 10.7. The molecule has 70 valence electrons. The zero-order valence-electron chi connectivity index (χ0n) is 5.94. The Morgan fingerprint density at radius 2 is 1.25 bits per heavy atom. The predicted octanol–water partition coefficient (Wildman–Crippen LogP) is -1.34. The number of aliphatic hydroxyl groups is 1. The van der Waals surface area contributed by atoms with E-state index in [0.717, 1.165) is 0 Å². The van der Waals surface area contributed by atoms with Gasteiger partial charge in [-0.15, -0.1) is 0 Å². The first-order valence-electron chi connectivity index (χ1n) is 2.41. The van der Waals surface area contributed by atoms with Gasteiger partial charge >= 0.3 is 15.2 Å². The molecule has 0 unspecified atom stereocenters. The molecule has 0 heterocycles. The minimum Gasteiger partial charge on any atom is -0.395 e. The molecule has 5 N–H and O–H groups in total. The van der Waals surface area contributed by atoms with E-state index < -0.39 is 27.2 Å². The number of hydrogen-bond acceptors (Lipinski definition) is 3. The Kier molecular flexibility index (Phi) is 6.32. The molecule has 0 aliphatic rings. The van der Waals surface area contributed by atoms with Crippen LogP contribution in [0, 0.1) is 0 Å². The van der Waals surface area contributed by atoms with Crippen molar-refractivity contribution in [3.63, 3.8) is 0 Å². The van der Waals surface area contributed by atoms with Gasteiger partial charge < -0.3 is 24.7 Å². The molecule has 0 aliphatic carbocycles. The molecule has 0 atom stereocenters. The van der Waals surface area contributed by atoms with Crippen LogP contribution in [0.3, 0.4) is 0 Å². The molecule has 7 nitrogen and oxygen atoms in total. The Hall–Kier alpha value is 0.883. The van der Waals surface area contributed by atoms with Gasteiger partial charge in [-0.3, -0.25) is 9.13 Å². The molecule has 12 heavy (non-hydrogen) atoms. The van der Waals surface area contributed by atoms with Crippen LogP contribution < -0.4 is 0 Å². The van der Waals surface area contributed by atoms with E-state index >= 15 is 0 Å². The Bertz CT molecular complexity index is 193. The van der Waals surface area contributed by atoms with Gasteiger partial charge in [0.15, 0.2) is 5.40 Å². The van der Waals surface area contributed by atoms with E-state index in [0.29, 0.717) is 0 Å². The molecular formula is C2H8O7P2Zn. The van der Waals surface area contributed by atoms with Gasteiger partial charge in [0.2, 0.25) is 0 Å².